The third kappa shape index (κ3) is 1.26. The van der Waals surface area contributed by atoms with Crippen molar-refractivity contribution in [2.75, 3.05) is 12.4 Å². The molecule has 2 heterocycles. The predicted octanol–water partition coefficient (Wildman–Crippen LogP) is 1.16. The molecular weight excluding hydrogens is 178 g/mol. The second-order valence-electron chi connectivity index (χ2n) is 3.19. The minimum absolute atomic E-state index is 0.828. The van der Waals surface area contributed by atoms with E-state index in [1.165, 1.54) is 0 Å². The first kappa shape index (κ1) is 8.80. The number of aromatic amines is 1. The molecular formula is C9H13N5. The van der Waals surface area contributed by atoms with E-state index in [2.05, 4.69) is 20.3 Å². The first-order valence-electron chi connectivity index (χ1n) is 4.44. The van der Waals surface area contributed by atoms with Crippen molar-refractivity contribution in [3.05, 3.63) is 18.1 Å². The van der Waals surface area contributed by atoms with Gasteiger partial charge in [-0.25, -0.2) is 9.97 Å². The molecule has 0 unspecified atom stereocenters. The Morgan fingerprint density at radius 1 is 1.36 bits per heavy atom. The van der Waals surface area contributed by atoms with Crippen molar-refractivity contribution in [2.45, 2.75) is 6.92 Å². The summed E-state index contributed by atoms with van der Waals surface area (Å²) >= 11 is 0. The molecule has 74 valence electrons. The summed E-state index contributed by atoms with van der Waals surface area (Å²) in [5, 5.41) is 3.00. The van der Waals surface area contributed by atoms with Gasteiger partial charge in [0.05, 0.1) is 6.20 Å². The van der Waals surface area contributed by atoms with Gasteiger partial charge in [0.2, 0.25) is 5.95 Å². The Hall–Kier alpha value is -1.78. The zero-order valence-corrected chi connectivity index (χ0v) is 8.50. The van der Waals surface area contributed by atoms with Gasteiger partial charge in [0.15, 0.2) is 5.82 Å². The van der Waals surface area contributed by atoms with E-state index in [4.69, 9.17) is 0 Å². The Bertz CT molecular complexity index is 440. The molecule has 0 aliphatic heterocycles. The number of H-pyrrole nitrogens is 1. The van der Waals surface area contributed by atoms with E-state index in [-0.39, 0.29) is 0 Å². The second-order valence-corrected chi connectivity index (χ2v) is 3.19. The highest BCUT2D eigenvalue weighted by atomic mass is 15.2. The summed E-state index contributed by atoms with van der Waals surface area (Å²) in [5.41, 5.74) is 2.02. The zero-order chi connectivity index (χ0) is 10.1. The van der Waals surface area contributed by atoms with Crippen LogP contribution in [0.25, 0.3) is 11.5 Å². The van der Waals surface area contributed by atoms with Gasteiger partial charge < -0.3 is 14.9 Å². The molecule has 2 aromatic heterocycles. The summed E-state index contributed by atoms with van der Waals surface area (Å²) in [6.07, 6.45) is 3.60. The summed E-state index contributed by atoms with van der Waals surface area (Å²) in [7, 11) is 3.80. The van der Waals surface area contributed by atoms with E-state index in [1.807, 2.05) is 25.6 Å². The van der Waals surface area contributed by atoms with Crippen LogP contribution in [-0.4, -0.2) is 26.6 Å². The third-order valence-corrected chi connectivity index (χ3v) is 2.16. The highest BCUT2D eigenvalue weighted by Gasteiger charge is 2.09. The summed E-state index contributed by atoms with van der Waals surface area (Å²) < 4.78 is 1.96. The van der Waals surface area contributed by atoms with Crippen molar-refractivity contribution in [1.29, 1.82) is 0 Å². The van der Waals surface area contributed by atoms with Gasteiger partial charge in [0.25, 0.3) is 0 Å². The number of rotatable bonds is 2. The molecule has 0 saturated heterocycles. The van der Waals surface area contributed by atoms with Gasteiger partial charge in [-0.3, -0.25) is 0 Å². The van der Waals surface area contributed by atoms with E-state index < -0.39 is 0 Å². The van der Waals surface area contributed by atoms with Crippen LogP contribution in [0.15, 0.2) is 12.4 Å². The maximum atomic E-state index is 4.25. The molecule has 0 aromatic carbocycles. The molecule has 2 N–H and O–H groups in total. The fraction of sp³-hybridized carbons (Fsp3) is 0.333. The van der Waals surface area contributed by atoms with Crippen molar-refractivity contribution in [2.24, 2.45) is 7.05 Å². The number of nitrogens with one attached hydrogen (secondary N) is 2. The molecule has 0 saturated carbocycles. The number of hydrogen-bond acceptors (Lipinski definition) is 3. The smallest absolute Gasteiger partial charge is 0.202 e. The van der Waals surface area contributed by atoms with Crippen LogP contribution in [0.4, 0.5) is 5.95 Å². The lowest BCUT2D eigenvalue weighted by molar-refractivity contribution is 0.918. The SMILES string of the molecule is CNc1ncc(-c2ncc(C)[nH]2)n1C. The van der Waals surface area contributed by atoms with Gasteiger partial charge in [-0.2, -0.15) is 0 Å². The molecule has 5 heteroatoms. The topological polar surface area (TPSA) is 58.5 Å². The molecule has 0 atom stereocenters. The summed E-state index contributed by atoms with van der Waals surface area (Å²) in [6.45, 7) is 1.98. The number of imidazole rings is 2. The van der Waals surface area contributed by atoms with E-state index in [0.29, 0.717) is 0 Å². The van der Waals surface area contributed by atoms with Crippen LogP contribution in [0.1, 0.15) is 5.69 Å². The first-order chi connectivity index (χ1) is 6.72. The standard InChI is InChI=1S/C9H13N5/c1-6-4-11-8(13-6)7-5-12-9(10-2)14(7)3/h4-5H,1-3H3,(H,10,12)(H,11,13). The number of nitrogens with zero attached hydrogens (tertiary/aromatic N) is 3. The van der Waals surface area contributed by atoms with Gasteiger partial charge >= 0.3 is 0 Å². The maximum Gasteiger partial charge on any atom is 0.202 e. The van der Waals surface area contributed by atoms with Crippen molar-refractivity contribution in [3.63, 3.8) is 0 Å². The summed E-state index contributed by atoms with van der Waals surface area (Å²) in [4.78, 5) is 11.6. The molecule has 14 heavy (non-hydrogen) atoms. The van der Waals surface area contributed by atoms with Gasteiger partial charge in [-0.1, -0.05) is 0 Å². The lowest BCUT2D eigenvalue weighted by Crippen LogP contribution is -2.00. The molecule has 0 fully saturated rings. The monoisotopic (exact) mass is 191 g/mol. The molecule has 5 nitrogen and oxygen atoms in total. The minimum Gasteiger partial charge on any atom is -0.359 e. The molecule has 2 rings (SSSR count). The van der Waals surface area contributed by atoms with Crippen LogP contribution in [0.5, 0.6) is 0 Å². The summed E-state index contributed by atoms with van der Waals surface area (Å²) in [5.74, 6) is 1.67. The minimum atomic E-state index is 0.828. The highest BCUT2D eigenvalue weighted by molar-refractivity contribution is 5.53. The fourth-order valence-corrected chi connectivity index (χ4v) is 1.40. The average Bonchev–Trinajstić information content (AvgIpc) is 2.72. The Morgan fingerprint density at radius 2 is 2.14 bits per heavy atom. The van der Waals surface area contributed by atoms with Crippen molar-refractivity contribution < 1.29 is 0 Å². The van der Waals surface area contributed by atoms with Crippen molar-refractivity contribution >= 4 is 5.95 Å². The third-order valence-electron chi connectivity index (χ3n) is 2.16. The number of aryl methyl sites for hydroxylation is 1. The Balaban J connectivity index is 2.46. The number of hydrogen-bond donors (Lipinski definition) is 2. The Morgan fingerprint density at radius 3 is 2.64 bits per heavy atom. The van der Waals surface area contributed by atoms with Gasteiger partial charge in [0.1, 0.15) is 5.69 Å². The Labute approximate surface area is 82.2 Å². The van der Waals surface area contributed by atoms with E-state index >= 15 is 0 Å². The van der Waals surface area contributed by atoms with Crippen LogP contribution in [0, 0.1) is 6.92 Å². The van der Waals surface area contributed by atoms with Crippen LogP contribution >= 0.6 is 0 Å². The normalized spacial score (nSPS) is 10.5. The molecule has 0 aliphatic carbocycles. The van der Waals surface area contributed by atoms with E-state index in [9.17, 15) is 0 Å². The highest BCUT2D eigenvalue weighted by Crippen LogP contribution is 2.18. The van der Waals surface area contributed by atoms with Crippen LogP contribution in [0.2, 0.25) is 0 Å². The first-order valence-corrected chi connectivity index (χ1v) is 4.44. The summed E-state index contributed by atoms with van der Waals surface area (Å²) in [6, 6.07) is 0. The fourth-order valence-electron chi connectivity index (χ4n) is 1.40. The van der Waals surface area contributed by atoms with Crippen molar-refractivity contribution in [1.82, 2.24) is 19.5 Å². The van der Waals surface area contributed by atoms with Gasteiger partial charge in [-0.05, 0) is 6.92 Å². The molecule has 2 aromatic rings. The quantitative estimate of drug-likeness (QED) is 0.748. The van der Waals surface area contributed by atoms with Crippen LogP contribution in [-0.2, 0) is 7.05 Å². The van der Waals surface area contributed by atoms with Crippen LogP contribution in [0.3, 0.4) is 0 Å². The largest absolute Gasteiger partial charge is 0.359 e. The molecule has 0 amide bonds. The predicted molar refractivity (Wildman–Crippen MR) is 55.1 cm³/mol. The molecule has 0 aliphatic rings. The maximum absolute atomic E-state index is 4.25. The van der Waals surface area contributed by atoms with E-state index in [1.54, 1.807) is 12.4 Å². The number of aromatic nitrogens is 4. The lowest BCUT2D eigenvalue weighted by Gasteiger charge is -2.02. The zero-order valence-electron chi connectivity index (χ0n) is 8.50. The number of anilines is 1. The van der Waals surface area contributed by atoms with Crippen molar-refractivity contribution in [3.8, 4) is 11.5 Å². The average molecular weight is 191 g/mol. The Kier molecular flexibility index (Phi) is 1.99. The second kappa shape index (κ2) is 3.17. The molecule has 0 spiro atoms. The van der Waals surface area contributed by atoms with Gasteiger partial charge in [0, 0.05) is 26.0 Å². The molecule has 0 radical (unpaired) electrons. The van der Waals surface area contributed by atoms with Gasteiger partial charge in [-0.15, -0.1) is 0 Å². The lowest BCUT2D eigenvalue weighted by atomic mass is 10.4. The van der Waals surface area contributed by atoms with Crippen LogP contribution < -0.4 is 5.32 Å². The van der Waals surface area contributed by atoms with E-state index in [0.717, 1.165) is 23.2 Å². The molecule has 0 bridgehead atoms.